The summed E-state index contributed by atoms with van der Waals surface area (Å²) in [6, 6.07) is 7.68. The summed E-state index contributed by atoms with van der Waals surface area (Å²) in [4.78, 5) is 85.5. The van der Waals surface area contributed by atoms with Crippen LogP contribution in [0.25, 0.3) is 23.4 Å². The summed E-state index contributed by atoms with van der Waals surface area (Å²) in [6.45, 7) is 8.61. The molecule has 4 heterocycles. The fourth-order valence-corrected chi connectivity index (χ4v) is 9.32. The van der Waals surface area contributed by atoms with Gasteiger partial charge in [0.15, 0.2) is 0 Å². The smallest absolute Gasteiger partial charge is 0.262 e. The predicted octanol–water partition coefficient (Wildman–Crippen LogP) is 3.16. The van der Waals surface area contributed by atoms with Crippen molar-refractivity contribution in [2.75, 3.05) is 40.9 Å². The van der Waals surface area contributed by atoms with E-state index in [2.05, 4.69) is 21.9 Å². The van der Waals surface area contributed by atoms with Crippen LogP contribution in [0.3, 0.4) is 0 Å². The molecule has 2 aromatic carbocycles. The molecule has 5 amide bonds. The minimum Gasteiger partial charge on any atom is -0.496 e. The van der Waals surface area contributed by atoms with Gasteiger partial charge in [0.1, 0.15) is 23.3 Å². The van der Waals surface area contributed by atoms with Crippen LogP contribution >= 0.6 is 0 Å². The van der Waals surface area contributed by atoms with Crippen LogP contribution in [0.2, 0.25) is 0 Å². The average Bonchev–Trinajstić information content (AvgIpc) is 3.48. The molecule has 322 valence electrons. The van der Waals surface area contributed by atoms with Crippen molar-refractivity contribution in [3.05, 3.63) is 74.0 Å². The Hall–Kier alpha value is -6.09. The quantitative estimate of drug-likeness (QED) is 0.145. The van der Waals surface area contributed by atoms with Gasteiger partial charge < -0.3 is 28.6 Å². The first kappa shape index (κ1) is 43.0. The van der Waals surface area contributed by atoms with Crippen LogP contribution in [0.1, 0.15) is 91.0 Å². The van der Waals surface area contributed by atoms with Gasteiger partial charge in [-0.3, -0.25) is 44.0 Å². The summed E-state index contributed by atoms with van der Waals surface area (Å²) in [5.74, 6) is -0.412. The van der Waals surface area contributed by atoms with Gasteiger partial charge in [0.2, 0.25) is 17.7 Å². The Kier molecular flexibility index (Phi) is 12.6. The van der Waals surface area contributed by atoms with E-state index in [0.29, 0.717) is 35.4 Å². The van der Waals surface area contributed by atoms with Crippen molar-refractivity contribution >= 4 is 48.5 Å². The third-order valence-corrected chi connectivity index (χ3v) is 12.8. The minimum absolute atomic E-state index is 0.0176. The number of unbranched alkanes of at least 4 members (excludes halogenated alkanes) is 1. The van der Waals surface area contributed by atoms with Crippen molar-refractivity contribution in [2.45, 2.75) is 83.4 Å². The van der Waals surface area contributed by atoms with Crippen molar-refractivity contribution in [3.63, 3.8) is 0 Å². The Labute approximate surface area is 354 Å². The maximum Gasteiger partial charge on any atom is 0.262 e. The van der Waals surface area contributed by atoms with Gasteiger partial charge in [0.25, 0.3) is 17.4 Å². The second kappa shape index (κ2) is 17.9. The largest absolute Gasteiger partial charge is 0.496 e. The highest BCUT2D eigenvalue weighted by molar-refractivity contribution is 6.23. The molecule has 0 radical (unpaired) electrons. The molecular weight excluding hydrogens is 781 g/mol. The Balaban J connectivity index is 0.861. The first-order valence-electron chi connectivity index (χ1n) is 20.9. The van der Waals surface area contributed by atoms with E-state index >= 15 is 0 Å². The van der Waals surface area contributed by atoms with Gasteiger partial charge in [0, 0.05) is 44.9 Å². The highest BCUT2D eigenvalue weighted by atomic mass is 16.5. The molecule has 3 aromatic rings. The van der Waals surface area contributed by atoms with E-state index in [1.165, 1.54) is 10.8 Å². The molecular formula is C46H54N6O9. The van der Waals surface area contributed by atoms with E-state index in [0.717, 1.165) is 85.0 Å². The van der Waals surface area contributed by atoms with E-state index in [1.54, 1.807) is 57.6 Å². The van der Waals surface area contributed by atoms with Crippen LogP contribution in [0, 0.1) is 5.41 Å². The van der Waals surface area contributed by atoms with E-state index in [9.17, 15) is 28.8 Å². The number of piperidine rings is 2. The minimum atomic E-state index is -1.00. The molecule has 1 aliphatic carbocycles. The predicted molar refractivity (Wildman–Crippen MR) is 229 cm³/mol. The number of aliphatic imine (C=N–C) groups is 1. The molecule has 1 N–H and O–H groups in total. The lowest BCUT2D eigenvalue weighted by Gasteiger charge is -2.51. The number of carbonyl (C=O) groups excluding carboxylic acids is 5. The molecule has 1 atom stereocenters. The standard InChI is InChI=1S/C46H54N6O9/c1-7-31-34(25-47-2)43(56)50(4)26-35(31)28-20-38(59-5)36(39(21-28)60-6)27-49(3)41(54)10-8-9-17-51-18-15-46(16-19-51)23-30(24-46)61-29-11-12-32-33(22-29)45(58)52(44(32)57)37-13-14-40(53)48-42(37)55/h7,11-12,20-22,25-26,30,37H,2,8-10,13-19,23-24,27H2,1,3-6H3,(H,48,53,55)/b31-7+,34-25+. The molecule has 3 fully saturated rings. The maximum absolute atomic E-state index is 13.3. The number of amides is 5. The second-order valence-electron chi connectivity index (χ2n) is 16.6. The number of methoxy groups -OCH3 is 2. The number of nitrogens with zero attached hydrogens (tertiary/aromatic N) is 5. The normalized spacial score (nSPS) is 19.5. The van der Waals surface area contributed by atoms with Crippen molar-refractivity contribution in [1.82, 2.24) is 24.6 Å². The van der Waals surface area contributed by atoms with Crippen molar-refractivity contribution < 1.29 is 38.2 Å². The summed E-state index contributed by atoms with van der Waals surface area (Å²) in [5, 5.41) is 3.38. The number of hydrogen-bond acceptors (Lipinski definition) is 11. The van der Waals surface area contributed by atoms with E-state index in [1.807, 2.05) is 25.1 Å². The van der Waals surface area contributed by atoms with Crippen molar-refractivity contribution in [2.24, 2.45) is 17.5 Å². The lowest BCUT2D eigenvalue weighted by atomic mass is 9.61. The van der Waals surface area contributed by atoms with Gasteiger partial charge in [-0.1, -0.05) is 6.08 Å². The fraction of sp³-hybridized carbons (Fsp3) is 0.457. The molecule has 4 aliphatic rings. The number of aryl methyl sites for hydroxylation is 1. The van der Waals surface area contributed by atoms with Gasteiger partial charge in [-0.25, -0.2) is 0 Å². The molecule has 3 aliphatic heterocycles. The second-order valence-corrected chi connectivity index (χ2v) is 16.6. The van der Waals surface area contributed by atoms with Gasteiger partial charge in [-0.15, -0.1) is 0 Å². The third kappa shape index (κ3) is 8.61. The molecule has 1 spiro atoms. The van der Waals surface area contributed by atoms with E-state index < -0.39 is 29.7 Å². The van der Waals surface area contributed by atoms with Gasteiger partial charge >= 0.3 is 0 Å². The van der Waals surface area contributed by atoms with Crippen LogP contribution in [0.5, 0.6) is 17.2 Å². The molecule has 15 heteroatoms. The van der Waals surface area contributed by atoms with Gasteiger partial charge in [-0.05, 0) is 125 Å². The number of aromatic nitrogens is 1. The number of nitrogens with one attached hydrogen (secondary N) is 1. The van der Waals surface area contributed by atoms with Crippen molar-refractivity contribution in [1.29, 1.82) is 0 Å². The summed E-state index contributed by atoms with van der Waals surface area (Å²) in [6.07, 6.45) is 11.4. The highest BCUT2D eigenvalue weighted by Crippen LogP contribution is 2.50. The lowest BCUT2D eigenvalue weighted by Crippen LogP contribution is -2.54. The summed E-state index contributed by atoms with van der Waals surface area (Å²) in [7, 11) is 6.66. The summed E-state index contributed by atoms with van der Waals surface area (Å²) >= 11 is 0. The molecule has 7 rings (SSSR count). The molecule has 61 heavy (non-hydrogen) atoms. The number of rotatable bonds is 14. The van der Waals surface area contributed by atoms with Crippen LogP contribution in [-0.4, -0.2) is 109 Å². The number of likely N-dealkylation sites (tertiary alicyclic amines) is 1. The maximum atomic E-state index is 13.3. The lowest BCUT2D eigenvalue weighted by molar-refractivity contribution is -0.136. The topological polar surface area (TPSA) is 169 Å². The van der Waals surface area contributed by atoms with E-state index in [4.69, 9.17) is 14.2 Å². The SMILES string of the molecule is C=N/C=c1/c(=O)n(C)cc(-c2cc(OC)c(CN(C)C(=O)CCCCN3CCC4(CC3)CC(Oc3ccc5c(c3)C(=O)N(C3CCC(=O)NC3=O)C5=O)C4)c(OC)c2)/c1=C/C. The van der Waals surface area contributed by atoms with Crippen LogP contribution < -0.4 is 35.5 Å². The Morgan fingerprint density at radius 3 is 2.30 bits per heavy atom. The Morgan fingerprint density at radius 2 is 1.66 bits per heavy atom. The van der Waals surface area contributed by atoms with Crippen LogP contribution in [0.15, 0.2) is 46.3 Å². The average molecular weight is 835 g/mol. The first-order chi connectivity index (χ1) is 29.3. The molecule has 1 unspecified atom stereocenters. The monoisotopic (exact) mass is 834 g/mol. The number of fused-ring (bicyclic) bond motifs is 1. The molecule has 0 bridgehead atoms. The highest BCUT2D eigenvalue weighted by Gasteiger charge is 2.48. The van der Waals surface area contributed by atoms with Gasteiger partial charge in [0.05, 0.1) is 48.8 Å². The summed E-state index contributed by atoms with van der Waals surface area (Å²) < 4.78 is 19.4. The molecule has 1 saturated carbocycles. The van der Waals surface area contributed by atoms with Gasteiger partial charge in [-0.2, -0.15) is 0 Å². The number of ether oxygens (including phenoxy) is 3. The third-order valence-electron chi connectivity index (χ3n) is 12.8. The van der Waals surface area contributed by atoms with Crippen LogP contribution in [0.4, 0.5) is 0 Å². The van der Waals surface area contributed by atoms with Crippen molar-refractivity contribution in [3.8, 4) is 28.4 Å². The number of hydrogen-bond donors (Lipinski definition) is 1. The zero-order valence-corrected chi connectivity index (χ0v) is 35.6. The Bertz CT molecular complexity index is 2440. The van der Waals surface area contributed by atoms with Crippen LogP contribution in [-0.2, 0) is 28.0 Å². The summed E-state index contributed by atoms with van der Waals surface area (Å²) in [5.41, 5.74) is 2.84. The number of imide groups is 2. The van der Waals surface area contributed by atoms with E-state index in [-0.39, 0.29) is 47.0 Å². The Morgan fingerprint density at radius 1 is 0.967 bits per heavy atom. The number of pyridine rings is 1. The molecule has 15 nitrogen and oxygen atoms in total. The fourth-order valence-electron chi connectivity index (χ4n) is 9.32. The molecule has 1 aromatic heterocycles. The zero-order valence-electron chi connectivity index (χ0n) is 35.6. The number of benzene rings is 2. The first-order valence-corrected chi connectivity index (χ1v) is 20.9. The molecule has 2 saturated heterocycles. The zero-order chi connectivity index (χ0) is 43.6. The number of carbonyl (C=O) groups is 5.